The van der Waals surface area contributed by atoms with Crippen molar-refractivity contribution < 1.29 is 19.1 Å². The molecule has 4 heterocycles. The predicted octanol–water partition coefficient (Wildman–Crippen LogP) is 3.52. The van der Waals surface area contributed by atoms with Crippen LogP contribution in [0.5, 0.6) is 0 Å². The minimum Gasteiger partial charge on any atom is -0.377 e. The van der Waals surface area contributed by atoms with Crippen molar-refractivity contribution in [3.05, 3.63) is 54.1 Å². The Kier molecular flexibility index (Phi) is 8.50. The summed E-state index contributed by atoms with van der Waals surface area (Å²) in [5, 5.41) is 5.68. The highest BCUT2D eigenvalue weighted by Crippen LogP contribution is 2.34. The van der Waals surface area contributed by atoms with Crippen LogP contribution in [0.15, 0.2) is 48.5 Å². The van der Waals surface area contributed by atoms with E-state index in [1.54, 1.807) is 24.3 Å². The van der Waals surface area contributed by atoms with Gasteiger partial charge in [0.2, 0.25) is 11.9 Å². The SMILES string of the molecule is CC1COCCN1c1nc(-c2ccc(NC(=O)Nc3ccc(C(=O)CN(C)C)cc3)cc2)nc(N2C3CCC2COC3)n1. The minimum atomic E-state index is -0.381. The highest BCUT2D eigenvalue weighted by molar-refractivity contribution is 6.01. The number of ketones is 1. The van der Waals surface area contributed by atoms with Crippen LogP contribution in [0.4, 0.5) is 28.1 Å². The maximum absolute atomic E-state index is 12.7. The third kappa shape index (κ3) is 6.61. The van der Waals surface area contributed by atoms with E-state index in [-0.39, 0.29) is 29.9 Å². The van der Waals surface area contributed by atoms with Gasteiger partial charge in [0.25, 0.3) is 0 Å². The largest absolute Gasteiger partial charge is 0.377 e. The molecule has 0 aliphatic carbocycles. The normalized spacial score (nSPS) is 21.6. The molecule has 12 nitrogen and oxygen atoms in total. The maximum atomic E-state index is 12.7. The number of carbonyl (C=O) groups is 2. The van der Waals surface area contributed by atoms with Gasteiger partial charge in [-0.15, -0.1) is 0 Å². The standard InChI is InChI=1S/C31H38N8O4/c1-20-17-42-15-14-38(20)29-34-28(35-30(36-29)39-25-12-13-26(39)19-43-18-25)22-6-10-24(11-7-22)33-31(41)32-23-8-4-21(5-9-23)27(40)16-37(2)3/h4-11,20,25-26H,12-19H2,1-3H3,(H2,32,33,41). The van der Waals surface area contributed by atoms with Crippen molar-refractivity contribution in [3.8, 4) is 11.4 Å². The Balaban J connectivity index is 1.17. The number of likely N-dealkylation sites (N-methyl/N-ethyl adjacent to an activating group) is 1. The summed E-state index contributed by atoms with van der Waals surface area (Å²) in [7, 11) is 3.70. The zero-order chi connectivity index (χ0) is 29.9. The van der Waals surface area contributed by atoms with Crippen LogP contribution < -0.4 is 20.4 Å². The van der Waals surface area contributed by atoms with E-state index in [0.29, 0.717) is 74.2 Å². The van der Waals surface area contributed by atoms with E-state index >= 15 is 0 Å². The number of benzene rings is 2. The Labute approximate surface area is 251 Å². The smallest absolute Gasteiger partial charge is 0.323 e. The number of morpholine rings is 2. The predicted molar refractivity (Wildman–Crippen MR) is 165 cm³/mol. The van der Waals surface area contributed by atoms with E-state index in [9.17, 15) is 9.59 Å². The summed E-state index contributed by atoms with van der Waals surface area (Å²) >= 11 is 0. The molecular formula is C31H38N8O4. The van der Waals surface area contributed by atoms with Crippen LogP contribution in [-0.2, 0) is 9.47 Å². The summed E-state index contributed by atoms with van der Waals surface area (Å²) in [6.07, 6.45) is 2.13. The second-order valence-electron chi connectivity index (χ2n) is 11.6. The third-order valence-electron chi connectivity index (χ3n) is 8.03. The summed E-state index contributed by atoms with van der Waals surface area (Å²) in [5.74, 6) is 1.95. The molecule has 0 spiro atoms. The Hall–Kier alpha value is -4.13. The van der Waals surface area contributed by atoms with Crippen LogP contribution >= 0.6 is 0 Å². The van der Waals surface area contributed by atoms with Gasteiger partial charge in [-0.1, -0.05) is 0 Å². The van der Waals surface area contributed by atoms with Crippen LogP contribution in [0.3, 0.4) is 0 Å². The maximum Gasteiger partial charge on any atom is 0.323 e. The van der Waals surface area contributed by atoms with Gasteiger partial charge in [-0.25, -0.2) is 4.79 Å². The van der Waals surface area contributed by atoms with Crippen molar-refractivity contribution in [1.82, 2.24) is 19.9 Å². The van der Waals surface area contributed by atoms with Crippen LogP contribution in [-0.4, -0.2) is 103 Å². The van der Waals surface area contributed by atoms with Gasteiger partial charge in [-0.2, -0.15) is 15.0 Å². The Morgan fingerprint density at radius 3 is 2.12 bits per heavy atom. The number of amides is 2. The molecule has 226 valence electrons. The average molecular weight is 587 g/mol. The van der Waals surface area contributed by atoms with Crippen molar-refractivity contribution >= 4 is 35.1 Å². The van der Waals surface area contributed by atoms with E-state index in [0.717, 1.165) is 18.4 Å². The van der Waals surface area contributed by atoms with Crippen LogP contribution in [0.1, 0.15) is 30.1 Å². The number of nitrogens with one attached hydrogen (secondary N) is 2. The molecule has 12 heteroatoms. The molecule has 2 N–H and O–H groups in total. The Morgan fingerprint density at radius 1 is 0.860 bits per heavy atom. The summed E-state index contributed by atoms with van der Waals surface area (Å²) in [6.45, 7) is 5.78. The number of fused-ring (bicyclic) bond motifs is 2. The number of ether oxygens (including phenoxy) is 2. The van der Waals surface area contributed by atoms with Crippen molar-refractivity contribution in [2.45, 2.75) is 37.9 Å². The molecule has 3 aliphatic heterocycles. The number of nitrogens with zero attached hydrogens (tertiary/aromatic N) is 6. The molecule has 0 radical (unpaired) electrons. The molecule has 3 saturated heterocycles. The second-order valence-corrected chi connectivity index (χ2v) is 11.6. The molecule has 2 bridgehead atoms. The van der Waals surface area contributed by atoms with Crippen LogP contribution in [0, 0.1) is 0 Å². The first-order valence-electron chi connectivity index (χ1n) is 14.8. The molecule has 43 heavy (non-hydrogen) atoms. The van der Waals surface area contributed by atoms with E-state index < -0.39 is 0 Å². The van der Waals surface area contributed by atoms with E-state index in [1.807, 2.05) is 43.3 Å². The van der Waals surface area contributed by atoms with Crippen LogP contribution in [0.2, 0.25) is 0 Å². The Morgan fingerprint density at radius 2 is 1.49 bits per heavy atom. The summed E-state index contributed by atoms with van der Waals surface area (Å²) in [5.41, 5.74) is 2.65. The number of urea groups is 1. The van der Waals surface area contributed by atoms with Crippen molar-refractivity contribution in [1.29, 1.82) is 0 Å². The lowest BCUT2D eigenvalue weighted by molar-refractivity contribution is 0.0895. The van der Waals surface area contributed by atoms with Crippen molar-refractivity contribution in [2.75, 3.05) is 74.0 Å². The van der Waals surface area contributed by atoms with E-state index in [4.69, 9.17) is 24.4 Å². The summed E-state index contributed by atoms with van der Waals surface area (Å²) < 4.78 is 11.5. The highest BCUT2D eigenvalue weighted by atomic mass is 16.5. The number of anilines is 4. The first kappa shape index (κ1) is 29.0. The quantitative estimate of drug-likeness (QED) is 0.379. The van der Waals surface area contributed by atoms with Gasteiger partial charge in [-0.3, -0.25) is 4.79 Å². The number of hydrogen-bond acceptors (Lipinski definition) is 10. The van der Waals surface area contributed by atoms with Gasteiger partial charge in [0.1, 0.15) is 0 Å². The molecule has 0 saturated carbocycles. The molecule has 3 aliphatic rings. The van der Waals surface area contributed by atoms with Crippen LogP contribution in [0.25, 0.3) is 11.4 Å². The number of aromatic nitrogens is 3. The first-order chi connectivity index (χ1) is 20.8. The first-order valence-corrected chi connectivity index (χ1v) is 14.8. The molecular weight excluding hydrogens is 548 g/mol. The third-order valence-corrected chi connectivity index (χ3v) is 8.03. The number of rotatable bonds is 8. The fraction of sp³-hybridized carbons (Fsp3) is 0.452. The molecule has 2 aromatic carbocycles. The molecule has 2 amide bonds. The van der Waals surface area contributed by atoms with E-state index in [2.05, 4.69) is 27.4 Å². The monoisotopic (exact) mass is 586 g/mol. The average Bonchev–Trinajstić information content (AvgIpc) is 3.25. The molecule has 3 aromatic rings. The zero-order valence-electron chi connectivity index (χ0n) is 24.8. The molecule has 3 fully saturated rings. The van der Waals surface area contributed by atoms with E-state index in [1.165, 1.54) is 0 Å². The minimum absolute atomic E-state index is 0.0234. The van der Waals surface area contributed by atoms with Gasteiger partial charge in [0.15, 0.2) is 11.6 Å². The van der Waals surface area contributed by atoms with Gasteiger partial charge in [0, 0.05) is 29.0 Å². The molecule has 6 rings (SSSR count). The topological polar surface area (TPSA) is 125 Å². The Bertz CT molecular complexity index is 1430. The lowest BCUT2D eigenvalue weighted by atomic mass is 10.1. The van der Waals surface area contributed by atoms with Crippen molar-refractivity contribution in [3.63, 3.8) is 0 Å². The zero-order valence-corrected chi connectivity index (χ0v) is 24.8. The molecule has 3 unspecified atom stereocenters. The lowest BCUT2D eigenvalue weighted by Gasteiger charge is -2.36. The number of hydrogen-bond donors (Lipinski definition) is 2. The number of carbonyl (C=O) groups excluding carboxylic acids is 2. The van der Waals surface area contributed by atoms with Gasteiger partial charge in [-0.05, 0) is 82.4 Å². The fourth-order valence-electron chi connectivity index (χ4n) is 5.82. The fourth-order valence-corrected chi connectivity index (χ4v) is 5.82. The van der Waals surface area contributed by atoms with Crippen molar-refractivity contribution in [2.24, 2.45) is 0 Å². The molecule has 3 atom stereocenters. The summed E-state index contributed by atoms with van der Waals surface area (Å²) in [4.78, 5) is 46.0. The van der Waals surface area contributed by atoms with Gasteiger partial charge < -0.3 is 34.8 Å². The molecule has 1 aromatic heterocycles. The highest BCUT2D eigenvalue weighted by Gasteiger charge is 2.39. The van der Waals surface area contributed by atoms with Gasteiger partial charge in [0.05, 0.1) is 51.1 Å². The summed E-state index contributed by atoms with van der Waals surface area (Å²) in [6, 6.07) is 14.6. The second kappa shape index (κ2) is 12.6. The lowest BCUT2D eigenvalue weighted by Crippen LogP contribution is -2.48. The van der Waals surface area contributed by atoms with Gasteiger partial charge >= 0.3 is 6.03 Å². The number of Topliss-reactive ketones (excluding diaryl/α,β-unsaturated/α-hetero) is 1.